The van der Waals surface area contributed by atoms with Crippen molar-refractivity contribution in [1.82, 2.24) is 0 Å². The van der Waals surface area contributed by atoms with E-state index in [0.29, 0.717) is 29.2 Å². The van der Waals surface area contributed by atoms with E-state index in [9.17, 15) is 25.1 Å². The summed E-state index contributed by atoms with van der Waals surface area (Å²) in [7, 11) is 0. The molecule has 1 aromatic rings. The lowest BCUT2D eigenvalue weighted by molar-refractivity contribution is -0.315. The van der Waals surface area contributed by atoms with Crippen LogP contribution in [0.5, 0.6) is 0 Å². The summed E-state index contributed by atoms with van der Waals surface area (Å²) in [6.45, 7) is 17.5. The lowest BCUT2D eigenvalue weighted by Crippen LogP contribution is -2.53. The van der Waals surface area contributed by atoms with Gasteiger partial charge in [-0.05, 0) is 147 Å². The summed E-state index contributed by atoms with van der Waals surface area (Å²) < 4.78 is 11.7. The molecule has 10 nitrogen and oxygen atoms in total. The van der Waals surface area contributed by atoms with Crippen LogP contribution in [0.25, 0.3) is 0 Å². The molecule has 64 heavy (non-hydrogen) atoms. The van der Waals surface area contributed by atoms with Gasteiger partial charge in [0.15, 0.2) is 0 Å². The minimum absolute atomic E-state index is 0.0182. The zero-order valence-electron chi connectivity index (χ0n) is 40.0. The van der Waals surface area contributed by atoms with Gasteiger partial charge >= 0.3 is 11.9 Å². The fourth-order valence-corrected chi connectivity index (χ4v) is 13.5. The number of fused-ring (bicyclic) bond motifs is 6. The van der Waals surface area contributed by atoms with Gasteiger partial charge in [0.1, 0.15) is 38.6 Å². The van der Waals surface area contributed by atoms with E-state index >= 15 is 0 Å². The number of carbonyl (C=O) groups is 2. The van der Waals surface area contributed by atoms with Gasteiger partial charge in [-0.15, -0.1) is 0 Å². The molecule has 3 N–H and O–H groups in total. The molecule has 0 radical (unpaired) electrons. The lowest BCUT2D eigenvalue weighted by atomic mass is 9.47. The summed E-state index contributed by atoms with van der Waals surface area (Å²) in [6.07, 6.45) is 18.6. The van der Waals surface area contributed by atoms with Crippen molar-refractivity contribution >= 4 is 11.9 Å². The third-order valence-corrected chi connectivity index (χ3v) is 17.4. The summed E-state index contributed by atoms with van der Waals surface area (Å²) in [5.74, 6) is 1.84. The van der Waals surface area contributed by atoms with Crippen LogP contribution >= 0.6 is 0 Å². The van der Waals surface area contributed by atoms with Crippen LogP contribution < -0.4 is 0 Å². The molecule has 11 atom stereocenters. The van der Waals surface area contributed by atoms with E-state index in [4.69, 9.17) is 24.1 Å². The highest BCUT2D eigenvalue weighted by Gasteiger charge is 2.59. The van der Waals surface area contributed by atoms with Crippen LogP contribution in [0.4, 0.5) is 0 Å². The van der Waals surface area contributed by atoms with Crippen molar-refractivity contribution in [2.45, 2.75) is 164 Å². The topological polar surface area (TPSA) is 141 Å². The number of rotatable bonds is 17. The highest BCUT2D eigenvalue weighted by molar-refractivity contribution is 5.78. The Morgan fingerprint density at radius 1 is 0.672 bits per heavy atom. The van der Waals surface area contributed by atoms with E-state index in [0.717, 1.165) is 82.6 Å². The first-order valence-electron chi connectivity index (χ1n) is 24.6. The van der Waals surface area contributed by atoms with Gasteiger partial charge in [0.2, 0.25) is 0 Å². The number of aliphatic hydroxyl groups is 2. The average molecular weight is 887 g/mol. The maximum atomic E-state index is 13.9. The third-order valence-electron chi connectivity index (χ3n) is 17.4. The molecule has 0 amide bonds. The Kier molecular flexibility index (Phi) is 15.3. The van der Waals surface area contributed by atoms with Crippen LogP contribution in [0.15, 0.2) is 70.9 Å². The van der Waals surface area contributed by atoms with E-state index in [1.807, 2.05) is 0 Å². The van der Waals surface area contributed by atoms with Gasteiger partial charge in [-0.1, -0.05) is 114 Å². The molecule has 1 aromatic carbocycles. The van der Waals surface area contributed by atoms with Gasteiger partial charge in [0, 0.05) is 6.42 Å². The molecule has 2 fully saturated rings. The Morgan fingerprint density at radius 3 is 1.62 bits per heavy atom. The number of esters is 2. The lowest BCUT2D eigenvalue weighted by Gasteiger charge is -2.57. The minimum atomic E-state index is -1.05. The molecule has 6 aliphatic rings. The SMILES string of the molecule is CC(C)C1=CC2=CCC3C(C)(C(=O)OCC(O)COOCc4ccc(C(CC(O)COC(=O)C5(C)CCCC6(C)C7CCC(C(C)C)=CC7=CCC56)OO)cc4)CCCC3(C)C2CC1. The van der Waals surface area contributed by atoms with Crippen LogP contribution in [0.3, 0.4) is 0 Å². The number of allylic oxidation sites excluding steroid dienone is 8. The minimum Gasteiger partial charge on any atom is -0.463 e. The van der Waals surface area contributed by atoms with Crippen molar-refractivity contribution < 1.29 is 49.2 Å². The fourth-order valence-electron chi connectivity index (χ4n) is 13.5. The normalized spacial score (nSPS) is 33.8. The average Bonchev–Trinajstić information content (AvgIpc) is 3.27. The molecule has 0 aliphatic heterocycles. The van der Waals surface area contributed by atoms with E-state index in [-0.39, 0.29) is 67.5 Å². The van der Waals surface area contributed by atoms with E-state index in [1.54, 1.807) is 24.3 Å². The standard InChI is InChI=1S/C54H78O10/c1-34(2)38-15-19-44-40(27-38)17-21-47-51(44,5)23-9-25-53(47,7)49(57)60-31-42(55)29-46(64-59)37-13-11-36(12-14-37)30-62-63-33-43(56)32-61-50(58)54(8)26-10-24-52(6)45-20-16-39(35(3)4)28-41(45)18-22-48(52)54/h11-14,17-18,27-28,34-35,42-48,55-56,59H,9-10,15-16,19-26,29-33H2,1-8H3. The smallest absolute Gasteiger partial charge is 0.312 e. The predicted molar refractivity (Wildman–Crippen MR) is 246 cm³/mol. The maximum absolute atomic E-state index is 13.9. The van der Waals surface area contributed by atoms with Gasteiger partial charge in [-0.3, -0.25) is 14.8 Å². The first-order chi connectivity index (χ1) is 30.4. The van der Waals surface area contributed by atoms with Gasteiger partial charge in [-0.2, -0.15) is 0 Å². The van der Waals surface area contributed by atoms with Crippen molar-refractivity contribution in [3.05, 3.63) is 82.0 Å². The third kappa shape index (κ3) is 9.80. The molecule has 10 heteroatoms. The fraction of sp³-hybridized carbons (Fsp3) is 0.704. The molecule has 0 heterocycles. The Balaban J connectivity index is 0.832. The number of aliphatic hydroxyl groups excluding tert-OH is 2. The van der Waals surface area contributed by atoms with Gasteiger partial charge in [0.25, 0.3) is 0 Å². The number of carbonyl (C=O) groups excluding carboxylic acids is 2. The summed E-state index contributed by atoms with van der Waals surface area (Å²) in [6, 6.07) is 7.11. The summed E-state index contributed by atoms with van der Waals surface area (Å²) in [5.41, 5.74) is 6.13. The maximum Gasteiger partial charge on any atom is 0.312 e. The molecular formula is C54H78O10. The monoisotopic (exact) mass is 887 g/mol. The zero-order chi connectivity index (χ0) is 46.0. The quantitative estimate of drug-likeness (QED) is 0.0599. The Morgan fingerprint density at radius 2 is 1.16 bits per heavy atom. The summed E-state index contributed by atoms with van der Waals surface area (Å²) in [4.78, 5) is 43.1. The van der Waals surface area contributed by atoms with E-state index < -0.39 is 29.1 Å². The van der Waals surface area contributed by atoms with Gasteiger partial charge in [-0.25, -0.2) is 14.7 Å². The highest BCUT2D eigenvalue weighted by atomic mass is 17.2. The van der Waals surface area contributed by atoms with Gasteiger partial charge < -0.3 is 19.7 Å². The first kappa shape index (κ1) is 48.8. The highest BCUT2D eigenvalue weighted by Crippen LogP contribution is 2.64. The second-order valence-electron chi connectivity index (χ2n) is 22.1. The molecule has 0 bridgehead atoms. The molecule has 2 saturated carbocycles. The van der Waals surface area contributed by atoms with Crippen molar-refractivity contribution in [1.29, 1.82) is 0 Å². The van der Waals surface area contributed by atoms with Crippen LogP contribution in [0, 0.1) is 57.2 Å². The van der Waals surface area contributed by atoms with Crippen LogP contribution in [0.1, 0.15) is 156 Å². The second-order valence-corrected chi connectivity index (χ2v) is 22.1. The molecular weight excluding hydrogens is 809 g/mol. The molecule has 6 aliphatic carbocycles. The van der Waals surface area contributed by atoms with Crippen molar-refractivity contribution in [2.24, 2.45) is 57.2 Å². The Bertz CT molecular complexity index is 1950. The molecule has 11 unspecified atom stereocenters. The van der Waals surface area contributed by atoms with Crippen molar-refractivity contribution in [3.8, 4) is 0 Å². The number of benzene rings is 1. The van der Waals surface area contributed by atoms with Gasteiger partial charge in [0.05, 0.1) is 16.9 Å². The number of ether oxygens (including phenoxy) is 2. The zero-order valence-corrected chi connectivity index (χ0v) is 40.0. The number of hydrogen-bond acceptors (Lipinski definition) is 10. The summed E-state index contributed by atoms with van der Waals surface area (Å²) >= 11 is 0. The predicted octanol–water partition coefficient (Wildman–Crippen LogP) is 11.1. The van der Waals surface area contributed by atoms with E-state index in [1.165, 1.54) is 22.3 Å². The molecule has 0 spiro atoms. The largest absolute Gasteiger partial charge is 0.463 e. The van der Waals surface area contributed by atoms with Crippen molar-refractivity contribution in [3.63, 3.8) is 0 Å². The molecule has 354 valence electrons. The van der Waals surface area contributed by atoms with Crippen LogP contribution in [-0.4, -0.2) is 59.4 Å². The first-order valence-corrected chi connectivity index (χ1v) is 24.6. The van der Waals surface area contributed by atoms with Crippen molar-refractivity contribution in [2.75, 3.05) is 19.8 Å². The van der Waals surface area contributed by atoms with Crippen LogP contribution in [-0.2, 0) is 40.3 Å². The van der Waals surface area contributed by atoms with E-state index in [2.05, 4.69) is 79.7 Å². The molecule has 0 saturated heterocycles. The second kappa shape index (κ2) is 20.0. The molecule has 7 rings (SSSR count). The Labute approximate surface area is 382 Å². The Hall–Kier alpha value is -3.12. The molecule has 0 aromatic heterocycles. The summed E-state index contributed by atoms with van der Waals surface area (Å²) in [5, 5.41) is 31.4. The van der Waals surface area contributed by atoms with Crippen LogP contribution in [0.2, 0.25) is 0 Å². The number of hydrogen-bond donors (Lipinski definition) is 3.